The van der Waals surface area contributed by atoms with Crippen molar-refractivity contribution in [2.24, 2.45) is 0 Å². The van der Waals surface area contributed by atoms with Crippen LogP contribution < -0.4 is 4.74 Å². The molecule has 2 nitrogen and oxygen atoms in total. The van der Waals surface area contributed by atoms with Gasteiger partial charge in [-0.15, -0.1) is 0 Å². The topological polar surface area (TPSA) is 18.5 Å². The van der Waals surface area contributed by atoms with Crippen LogP contribution in [0.3, 0.4) is 0 Å². The largest absolute Gasteiger partial charge is 0.458 e. The molecule has 2 aliphatic rings. The second-order valence-electron chi connectivity index (χ2n) is 4.01. The summed E-state index contributed by atoms with van der Waals surface area (Å²) in [5, 5.41) is 0.638. The molecule has 2 unspecified atom stereocenters. The van der Waals surface area contributed by atoms with Crippen LogP contribution in [-0.4, -0.2) is 13.2 Å². The molecule has 3 rings (SSSR count). The Hall–Kier alpha value is -0.770. The smallest absolute Gasteiger partial charge is 0.149 e. The highest BCUT2D eigenvalue weighted by Crippen LogP contribution is 2.50. The summed E-state index contributed by atoms with van der Waals surface area (Å²) in [5.41, 5.74) is 1.08. The van der Waals surface area contributed by atoms with Gasteiger partial charge in [-0.3, -0.25) is 0 Å². The molecular formula is C13H10BrClO2. The monoisotopic (exact) mass is 312 g/mol. The van der Waals surface area contributed by atoms with E-state index in [2.05, 4.69) is 15.9 Å². The van der Waals surface area contributed by atoms with Crippen LogP contribution in [0.15, 0.2) is 40.6 Å². The van der Waals surface area contributed by atoms with Crippen molar-refractivity contribution < 1.29 is 9.47 Å². The normalized spacial score (nSPS) is 25.6. The van der Waals surface area contributed by atoms with E-state index in [1.165, 1.54) is 0 Å². The molecule has 0 spiro atoms. The fraction of sp³-hybridized carbons (Fsp3) is 0.231. The number of benzene rings is 1. The number of fused-ring (bicyclic) bond motifs is 3. The van der Waals surface area contributed by atoms with Crippen molar-refractivity contribution in [2.45, 2.75) is 12.0 Å². The molecule has 0 saturated heterocycles. The first-order valence-corrected chi connectivity index (χ1v) is 6.46. The molecule has 0 saturated carbocycles. The zero-order valence-electron chi connectivity index (χ0n) is 9.11. The Morgan fingerprint density at radius 3 is 3.00 bits per heavy atom. The van der Waals surface area contributed by atoms with Crippen LogP contribution in [0.4, 0.5) is 0 Å². The van der Waals surface area contributed by atoms with Crippen LogP contribution in [-0.2, 0) is 4.74 Å². The van der Waals surface area contributed by atoms with Crippen molar-refractivity contribution in [1.29, 1.82) is 0 Å². The van der Waals surface area contributed by atoms with E-state index in [1.807, 2.05) is 30.4 Å². The van der Waals surface area contributed by atoms with E-state index in [1.54, 1.807) is 7.11 Å². The van der Waals surface area contributed by atoms with Gasteiger partial charge in [-0.25, -0.2) is 0 Å². The summed E-state index contributed by atoms with van der Waals surface area (Å²) in [5.74, 6) is 1.72. The first-order chi connectivity index (χ1) is 8.22. The van der Waals surface area contributed by atoms with Crippen LogP contribution in [0.5, 0.6) is 5.75 Å². The standard InChI is InChI=1S/C13H10BrClO2/c1-16-10-6-5-8(14)13-11(10)7-3-2-4-9(15)12(7)17-13/h2-6,10-11H,1H3. The Balaban J connectivity index is 2.17. The Kier molecular flexibility index (Phi) is 2.77. The molecule has 1 aliphatic carbocycles. The highest BCUT2D eigenvalue weighted by atomic mass is 79.9. The maximum Gasteiger partial charge on any atom is 0.149 e. The maximum absolute atomic E-state index is 6.15. The zero-order chi connectivity index (χ0) is 12.0. The van der Waals surface area contributed by atoms with E-state index < -0.39 is 0 Å². The predicted octanol–water partition coefficient (Wildman–Crippen LogP) is 4.01. The third-order valence-corrected chi connectivity index (χ3v) is 4.05. The van der Waals surface area contributed by atoms with E-state index in [9.17, 15) is 0 Å². The Morgan fingerprint density at radius 1 is 1.41 bits per heavy atom. The molecule has 1 aliphatic heterocycles. The average molecular weight is 314 g/mol. The van der Waals surface area contributed by atoms with Gasteiger partial charge in [0.05, 0.1) is 21.5 Å². The lowest BCUT2D eigenvalue weighted by molar-refractivity contribution is 0.120. The molecule has 17 heavy (non-hydrogen) atoms. The number of methoxy groups -OCH3 is 1. The van der Waals surface area contributed by atoms with E-state index in [-0.39, 0.29) is 12.0 Å². The predicted molar refractivity (Wildman–Crippen MR) is 70.7 cm³/mol. The second-order valence-corrected chi connectivity index (χ2v) is 5.27. The van der Waals surface area contributed by atoms with Crippen molar-refractivity contribution in [2.75, 3.05) is 7.11 Å². The van der Waals surface area contributed by atoms with E-state index in [4.69, 9.17) is 21.1 Å². The number of hydrogen-bond donors (Lipinski definition) is 0. The SMILES string of the molecule is COC1C=CC(Br)=C2Oc3c(Cl)cccc3C21. The van der Waals surface area contributed by atoms with Crippen molar-refractivity contribution in [1.82, 2.24) is 0 Å². The molecule has 88 valence electrons. The fourth-order valence-corrected chi connectivity index (χ4v) is 3.00. The second kappa shape index (κ2) is 4.16. The van der Waals surface area contributed by atoms with E-state index in [0.717, 1.165) is 21.6 Å². The maximum atomic E-state index is 6.15. The van der Waals surface area contributed by atoms with Crippen molar-refractivity contribution >= 4 is 27.5 Å². The van der Waals surface area contributed by atoms with Crippen molar-refractivity contribution in [3.05, 3.63) is 51.2 Å². The molecule has 2 atom stereocenters. The summed E-state index contributed by atoms with van der Waals surface area (Å²) in [6.07, 6.45) is 3.98. The molecule has 0 N–H and O–H groups in total. The number of para-hydroxylation sites is 1. The molecule has 0 bridgehead atoms. The van der Waals surface area contributed by atoms with Gasteiger partial charge in [0.15, 0.2) is 0 Å². The van der Waals surface area contributed by atoms with Gasteiger partial charge in [-0.2, -0.15) is 0 Å². The summed E-state index contributed by atoms with van der Waals surface area (Å²) in [6, 6.07) is 5.80. The van der Waals surface area contributed by atoms with Gasteiger partial charge in [-0.05, 0) is 28.1 Å². The van der Waals surface area contributed by atoms with Gasteiger partial charge >= 0.3 is 0 Å². The third-order valence-electron chi connectivity index (χ3n) is 3.10. The number of ether oxygens (including phenoxy) is 2. The summed E-state index contributed by atoms with van der Waals surface area (Å²) in [6.45, 7) is 0. The Labute approximate surface area is 113 Å². The number of hydrogen-bond acceptors (Lipinski definition) is 2. The van der Waals surface area contributed by atoms with Crippen molar-refractivity contribution in [3.8, 4) is 5.75 Å². The van der Waals surface area contributed by atoms with Gasteiger partial charge in [0, 0.05) is 12.7 Å². The van der Waals surface area contributed by atoms with Gasteiger partial charge in [0.1, 0.15) is 11.5 Å². The number of halogens is 2. The van der Waals surface area contributed by atoms with Crippen LogP contribution in [0, 0.1) is 0 Å². The number of rotatable bonds is 1. The molecule has 1 aromatic rings. The molecule has 1 aromatic carbocycles. The third kappa shape index (κ3) is 1.65. The minimum absolute atomic E-state index is 0.00832. The molecule has 4 heteroatoms. The minimum Gasteiger partial charge on any atom is -0.458 e. The highest BCUT2D eigenvalue weighted by molar-refractivity contribution is 9.11. The van der Waals surface area contributed by atoms with Gasteiger partial charge in [-0.1, -0.05) is 29.8 Å². The lowest BCUT2D eigenvalue weighted by atomic mass is 9.90. The van der Waals surface area contributed by atoms with Crippen LogP contribution in [0.25, 0.3) is 0 Å². The van der Waals surface area contributed by atoms with Crippen molar-refractivity contribution in [3.63, 3.8) is 0 Å². The lowest BCUT2D eigenvalue weighted by Gasteiger charge is -2.23. The zero-order valence-corrected chi connectivity index (χ0v) is 11.5. The average Bonchev–Trinajstić information content (AvgIpc) is 2.72. The van der Waals surface area contributed by atoms with E-state index in [0.29, 0.717) is 5.02 Å². The van der Waals surface area contributed by atoms with Gasteiger partial charge < -0.3 is 9.47 Å². The summed E-state index contributed by atoms with van der Waals surface area (Å²) >= 11 is 9.65. The summed E-state index contributed by atoms with van der Waals surface area (Å²) in [7, 11) is 1.70. The van der Waals surface area contributed by atoms with Crippen LogP contribution in [0.2, 0.25) is 5.02 Å². The van der Waals surface area contributed by atoms with Gasteiger partial charge in [0.2, 0.25) is 0 Å². The number of allylic oxidation sites excluding steroid dienone is 2. The Morgan fingerprint density at radius 2 is 2.24 bits per heavy atom. The van der Waals surface area contributed by atoms with E-state index >= 15 is 0 Å². The molecule has 0 amide bonds. The highest BCUT2D eigenvalue weighted by Gasteiger charge is 2.39. The minimum atomic E-state index is -0.00832. The van der Waals surface area contributed by atoms with Gasteiger partial charge in [0.25, 0.3) is 0 Å². The molecular weight excluding hydrogens is 303 g/mol. The first kappa shape index (κ1) is 11.3. The lowest BCUT2D eigenvalue weighted by Crippen LogP contribution is -2.21. The fourth-order valence-electron chi connectivity index (χ4n) is 2.30. The quantitative estimate of drug-likeness (QED) is 0.780. The molecule has 1 heterocycles. The van der Waals surface area contributed by atoms with Crippen LogP contribution >= 0.6 is 27.5 Å². The summed E-state index contributed by atoms with van der Waals surface area (Å²) in [4.78, 5) is 0. The first-order valence-electron chi connectivity index (χ1n) is 5.29. The summed E-state index contributed by atoms with van der Waals surface area (Å²) < 4.78 is 12.3. The molecule has 0 aromatic heterocycles. The van der Waals surface area contributed by atoms with Crippen LogP contribution in [0.1, 0.15) is 11.5 Å². The molecule has 0 fully saturated rings. The Bertz CT molecular complexity index is 536. The molecule has 0 radical (unpaired) electrons.